The number of ketones is 2. The van der Waals surface area contributed by atoms with Crippen LogP contribution in [0.15, 0.2) is 24.3 Å². The molecule has 2 nitrogen and oxygen atoms in total. The lowest BCUT2D eigenvalue weighted by atomic mass is 9.57. The smallest absolute Gasteiger partial charge is 0.144 e. The number of fused-ring (bicyclic) bond motifs is 2. The van der Waals surface area contributed by atoms with E-state index < -0.39 is 0 Å². The third kappa shape index (κ3) is 1.62. The summed E-state index contributed by atoms with van der Waals surface area (Å²) in [5.41, 5.74) is 0. The summed E-state index contributed by atoms with van der Waals surface area (Å²) in [6, 6.07) is 0. The molecular formula is C16H20O2. The Hall–Kier alpha value is -1.18. The second-order valence-corrected chi connectivity index (χ2v) is 5.86. The minimum atomic E-state index is -0.170. The van der Waals surface area contributed by atoms with Gasteiger partial charge < -0.3 is 0 Å². The van der Waals surface area contributed by atoms with Crippen molar-refractivity contribution in [2.45, 2.75) is 32.6 Å². The van der Waals surface area contributed by atoms with Crippen LogP contribution in [0.25, 0.3) is 0 Å². The Morgan fingerprint density at radius 2 is 1.72 bits per heavy atom. The van der Waals surface area contributed by atoms with Gasteiger partial charge in [-0.25, -0.2) is 0 Å². The SMILES string of the molecule is CCC1CCCC2C(=O)C3C=CC=CC3C(=O)C12. The number of carbonyl (C=O) groups excluding carboxylic acids is 2. The van der Waals surface area contributed by atoms with Crippen molar-refractivity contribution >= 4 is 11.6 Å². The normalized spacial score (nSPS) is 42.6. The van der Waals surface area contributed by atoms with E-state index in [9.17, 15) is 9.59 Å². The molecule has 0 amide bonds. The van der Waals surface area contributed by atoms with Gasteiger partial charge in [-0.1, -0.05) is 44.1 Å². The maximum Gasteiger partial charge on any atom is 0.144 e. The molecule has 0 spiro atoms. The van der Waals surface area contributed by atoms with Gasteiger partial charge in [0, 0.05) is 23.7 Å². The predicted octanol–water partition coefficient (Wildman–Crippen LogP) is 2.94. The maximum atomic E-state index is 12.7. The Morgan fingerprint density at radius 1 is 1.06 bits per heavy atom. The van der Waals surface area contributed by atoms with Crippen LogP contribution < -0.4 is 0 Å². The van der Waals surface area contributed by atoms with Crippen LogP contribution in [0, 0.1) is 29.6 Å². The zero-order chi connectivity index (χ0) is 12.7. The first kappa shape index (κ1) is 11.9. The van der Waals surface area contributed by atoms with Crippen molar-refractivity contribution in [3.8, 4) is 0 Å². The van der Waals surface area contributed by atoms with Gasteiger partial charge in [0.15, 0.2) is 0 Å². The summed E-state index contributed by atoms with van der Waals surface area (Å²) >= 11 is 0. The van der Waals surface area contributed by atoms with Crippen LogP contribution in [-0.4, -0.2) is 11.6 Å². The first-order valence-electron chi connectivity index (χ1n) is 7.16. The molecule has 2 fully saturated rings. The van der Waals surface area contributed by atoms with Crippen LogP contribution in [-0.2, 0) is 9.59 Å². The van der Waals surface area contributed by atoms with Crippen LogP contribution in [0.4, 0.5) is 0 Å². The second-order valence-electron chi connectivity index (χ2n) is 5.86. The molecule has 0 N–H and O–H groups in total. The molecule has 2 heteroatoms. The summed E-state index contributed by atoms with van der Waals surface area (Å²) in [7, 11) is 0. The third-order valence-corrected chi connectivity index (χ3v) is 5.04. The van der Waals surface area contributed by atoms with Gasteiger partial charge in [-0.05, 0) is 18.8 Å². The molecule has 0 aromatic rings. The lowest BCUT2D eigenvalue weighted by Crippen LogP contribution is -2.50. The van der Waals surface area contributed by atoms with Crippen molar-refractivity contribution in [3.05, 3.63) is 24.3 Å². The fourth-order valence-corrected chi connectivity index (χ4v) is 4.12. The molecule has 0 saturated heterocycles. The van der Waals surface area contributed by atoms with Gasteiger partial charge in [0.25, 0.3) is 0 Å². The van der Waals surface area contributed by atoms with E-state index in [4.69, 9.17) is 0 Å². The van der Waals surface area contributed by atoms with E-state index in [-0.39, 0.29) is 23.7 Å². The molecule has 0 aliphatic heterocycles. The molecule has 96 valence electrons. The molecule has 3 rings (SSSR count). The topological polar surface area (TPSA) is 34.1 Å². The summed E-state index contributed by atoms with van der Waals surface area (Å²) in [6.45, 7) is 2.15. The predicted molar refractivity (Wildman–Crippen MR) is 69.9 cm³/mol. The number of carbonyl (C=O) groups is 2. The maximum absolute atomic E-state index is 12.7. The fourth-order valence-electron chi connectivity index (χ4n) is 4.12. The minimum absolute atomic E-state index is 0.00796. The van der Waals surface area contributed by atoms with Crippen LogP contribution in [0.3, 0.4) is 0 Å². The van der Waals surface area contributed by atoms with E-state index in [1.165, 1.54) is 0 Å². The highest BCUT2D eigenvalue weighted by Gasteiger charge is 2.51. The first-order chi connectivity index (χ1) is 8.74. The Morgan fingerprint density at radius 3 is 2.39 bits per heavy atom. The summed E-state index contributed by atoms with van der Waals surface area (Å²) in [5, 5.41) is 0. The number of hydrogen-bond donors (Lipinski definition) is 0. The van der Waals surface area contributed by atoms with Crippen molar-refractivity contribution < 1.29 is 9.59 Å². The van der Waals surface area contributed by atoms with Gasteiger partial charge in [0.2, 0.25) is 0 Å². The van der Waals surface area contributed by atoms with Crippen LogP contribution >= 0.6 is 0 Å². The minimum Gasteiger partial charge on any atom is -0.299 e. The van der Waals surface area contributed by atoms with E-state index in [0.29, 0.717) is 17.5 Å². The summed E-state index contributed by atoms with van der Waals surface area (Å²) < 4.78 is 0. The van der Waals surface area contributed by atoms with E-state index in [2.05, 4.69) is 6.92 Å². The molecule has 18 heavy (non-hydrogen) atoms. The number of Topliss-reactive ketones (excluding diaryl/α,β-unsaturated/α-hetero) is 2. The Bertz CT molecular complexity index is 432. The molecule has 0 aromatic heterocycles. The van der Waals surface area contributed by atoms with E-state index in [1.807, 2.05) is 24.3 Å². The molecule has 5 atom stereocenters. The highest BCUT2D eigenvalue weighted by molar-refractivity contribution is 6.02. The zero-order valence-electron chi connectivity index (χ0n) is 10.8. The quantitative estimate of drug-likeness (QED) is 0.710. The van der Waals surface area contributed by atoms with E-state index >= 15 is 0 Å². The van der Waals surface area contributed by atoms with Gasteiger partial charge in [-0.3, -0.25) is 9.59 Å². The molecule has 3 aliphatic rings. The molecule has 0 bridgehead atoms. The van der Waals surface area contributed by atoms with Crippen molar-refractivity contribution in [2.24, 2.45) is 29.6 Å². The lowest BCUT2D eigenvalue weighted by molar-refractivity contribution is -0.148. The van der Waals surface area contributed by atoms with Gasteiger partial charge in [0.1, 0.15) is 11.6 Å². The average molecular weight is 244 g/mol. The monoisotopic (exact) mass is 244 g/mol. The van der Waals surface area contributed by atoms with Crippen molar-refractivity contribution in [2.75, 3.05) is 0 Å². The third-order valence-electron chi connectivity index (χ3n) is 5.04. The van der Waals surface area contributed by atoms with Gasteiger partial charge in [-0.2, -0.15) is 0 Å². The van der Waals surface area contributed by atoms with Crippen LogP contribution in [0.1, 0.15) is 32.6 Å². The zero-order valence-corrected chi connectivity index (χ0v) is 10.8. The van der Waals surface area contributed by atoms with Crippen molar-refractivity contribution in [1.29, 1.82) is 0 Å². The molecular weight excluding hydrogens is 224 g/mol. The van der Waals surface area contributed by atoms with Gasteiger partial charge in [-0.15, -0.1) is 0 Å². The first-order valence-corrected chi connectivity index (χ1v) is 7.16. The van der Waals surface area contributed by atoms with Gasteiger partial charge >= 0.3 is 0 Å². The molecule has 3 aliphatic carbocycles. The van der Waals surface area contributed by atoms with Gasteiger partial charge in [0.05, 0.1) is 0 Å². The average Bonchev–Trinajstić information content (AvgIpc) is 2.44. The standard InChI is InChI=1S/C16H20O2/c1-2-10-6-5-9-13-14(10)16(18)12-8-4-3-7-11(12)15(13)17/h3-4,7-8,10-14H,2,5-6,9H2,1H3. The van der Waals surface area contributed by atoms with Crippen LogP contribution in [0.5, 0.6) is 0 Å². The Labute approximate surface area is 108 Å². The fraction of sp³-hybridized carbons (Fsp3) is 0.625. The Balaban J connectivity index is 1.97. The van der Waals surface area contributed by atoms with Crippen molar-refractivity contribution in [1.82, 2.24) is 0 Å². The summed E-state index contributed by atoms with van der Waals surface area (Å²) in [4.78, 5) is 25.2. The molecule has 0 aromatic carbocycles. The van der Waals surface area contributed by atoms with E-state index in [1.54, 1.807) is 0 Å². The lowest BCUT2D eigenvalue weighted by Gasteiger charge is -2.44. The largest absolute Gasteiger partial charge is 0.299 e. The molecule has 0 heterocycles. The number of hydrogen-bond acceptors (Lipinski definition) is 2. The highest BCUT2D eigenvalue weighted by Crippen LogP contribution is 2.46. The Kier molecular flexibility index (Phi) is 2.96. The number of rotatable bonds is 1. The second kappa shape index (κ2) is 4.49. The van der Waals surface area contributed by atoms with Crippen LogP contribution in [0.2, 0.25) is 0 Å². The molecule has 5 unspecified atom stereocenters. The summed E-state index contributed by atoms with van der Waals surface area (Å²) in [5.74, 6) is 0.762. The highest BCUT2D eigenvalue weighted by atomic mass is 16.1. The molecule has 2 saturated carbocycles. The van der Waals surface area contributed by atoms with E-state index in [0.717, 1.165) is 25.7 Å². The number of allylic oxidation sites excluding steroid dienone is 4. The van der Waals surface area contributed by atoms with Crippen molar-refractivity contribution in [3.63, 3.8) is 0 Å². The molecule has 0 radical (unpaired) electrons. The summed E-state index contributed by atoms with van der Waals surface area (Å²) in [6.07, 6.45) is 11.9.